The largest absolute Gasteiger partial charge is 0.497 e. The van der Waals surface area contributed by atoms with E-state index >= 15 is 0 Å². The summed E-state index contributed by atoms with van der Waals surface area (Å²) in [5.41, 5.74) is 3.50. The summed E-state index contributed by atoms with van der Waals surface area (Å²) in [6.07, 6.45) is 1.28. The van der Waals surface area contributed by atoms with Gasteiger partial charge in [0, 0.05) is 29.9 Å². The summed E-state index contributed by atoms with van der Waals surface area (Å²) in [7, 11) is 5.42. The van der Waals surface area contributed by atoms with Crippen LogP contribution < -0.4 is 9.47 Å². The van der Waals surface area contributed by atoms with Gasteiger partial charge in [-0.1, -0.05) is 41.0 Å². The fourth-order valence-electron chi connectivity index (χ4n) is 4.21. The lowest BCUT2D eigenvalue weighted by atomic mass is 9.87. The summed E-state index contributed by atoms with van der Waals surface area (Å²) in [6, 6.07) is 22.7. The first-order valence-corrected chi connectivity index (χ1v) is 11.4. The van der Waals surface area contributed by atoms with Crippen LogP contribution in [-0.2, 0) is 4.84 Å². The Labute approximate surface area is 204 Å². The Morgan fingerprint density at radius 2 is 1.29 bits per heavy atom. The molecule has 1 aliphatic rings. The van der Waals surface area contributed by atoms with Crippen molar-refractivity contribution in [2.45, 2.75) is 24.9 Å². The number of halogens is 1. The van der Waals surface area contributed by atoms with Gasteiger partial charge in [0.2, 0.25) is 0 Å². The summed E-state index contributed by atoms with van der Waals surface area (Å²) < 4.78 is 10.6. The summed E-state index contributed by atoms with van der Waals surface area (Å²) in [5.74, 6) is 1.10. The van der Waals surface area contributed by atoms with Crippen LogP contribution in [0.15, 0.2) is 78.0 Å². The Morgan fingerprint density at radius 3 is 1.74 bits per heavy atom. The molecule has 0 radical (unpaired) electrons. The van der Waals surface area contributed by atoms with Crippen molar-refractivity contribution in [3.05, 3.63) is 94.5 Å². The van der Waals surface area contributed by atoms with Crippen LogP contribution in [0, 0.1) is 0 Å². The van der Waals surface area contributed by atoms with Crippen molar-refractivity contribution in [1.29, 1.82) is 0 Å². The van der Waals surface area contributed by atoms with Gasteiger partial charge in [-0.2, -0.15) is 0 Å². The molecule has 0 bridgehead atoms. The molecule has 1 heterocycles. The van der Waals surface area contributed by atoms with Crippen molar-refractivity contribution < 1.29 is 19.1 Å². The van der Waals surface area contributed by atoms with Crippen LogP contribution in [0.5, 0.6) is 11.5 Å². The molecule has 2 unspecified atom stereocenters. The predicted octanol–water partition coefficient (Wildman–Crippen LogP) is 6.08. The first kappa shape index (κ1) is 23.8. The van der Waals surface area contributed by atoms with Crippen LogP contribution in [0.25, 0.3) is 0 Å². The summed E-state index contributed by atoms with van der Waals surface area (Å²) in [5, 5.41) is 4.85. The lowest BCUT2D eigenvalue weighted by Gasteiger charge is -2.40. The van der Waals surface area contributed by atoms with Crippen LogP contribution in [0.1, 0.15) is 46.4 Å². The predicted molar refractivity (Wildman–Crippen MR) is 133 cm³/mol. The number of methoxy groups -OCH3 is 2. The Kier molecular flexibility index (Phi) is 7.50. The number of piperidine rings is 1. The van der Waals surface area contributed by atoms with E-state index < -0.39 is 5.97 Å². The zero-order valence-corrected chi connectivity index (χ0v) is 20.2. The zero-order valence-electron chi connectivity index (χ0n) is 19.4. The molecule has 2 atom stereocenters. The Bertz CT molecular complexity index is 1090. The maximum absolute atomic E-state index is 12.5. The van der Waals surface area contributed by atoms with Crippen molar-refractivity contribution in [1.82, 2.24) is 4.90 Å². The number of hydrogen-bond acceptors (Lipinski definition) is 6. The molecular weight excluding hydrogens is 452 g/mol. The maximum Gasteiger partial charge on any atom is 0.365 e. The molecule has 0 N–H and O–H groups in total. The van der Waals surface area contributed by atoms with Crippen LogP contribution in [-0.4, -0.2) is 37.8 Å². The second-order valence-electron chi connectivity index (χ2n) is 8.19. The fraction of sp³-hybridized carbons (Fsp3) is 0.259. The van der Waals surface area contributed by atoms with E-state index in [0.29, 0.717) is 23.4 Å². The molecule has 0 aromatic heterocycles. The number of hydrogen-bond donors (Lipinski definition) is 0. The average Bonchev–Trinajstić information content (AvgIpc) is 2.88. The molecule has 4 rings (SSSR count). The Hall–Kier alpha value is -3.35. The monoisotopic (exact) mass is 478 g/mol. The molecule has 34 heavy (non-hydrogen) atoms. The van der Waals surface area contributed by atoms with Gasteiger partial charge in [-0.05, 0) is 66.7 Å². The third-order valence-corrected chi connectivity index (χ3v) is 6.43. The molecule has 176 valence electrons. The molecule has 1 aliphatic heterocycles. The van der Waals surface area contributed by atoms with Crippen LogP contribution in [0.2, 0.25) is 5.02 Å². The minimum Gasteiger partial charge on any atom is -0.497 e. The second-order valence-corrected chi connectivity index (χ2v) is 8.63. The topological polar surface area (TPSA) is 60.4 Å². The number of carbonyl (C=O) groups excluding carboxylic acids is 1. The van der Waals surface area contributed by atoms with Gasteiger partial charge in [0.25, 0.3) is 0 Å². The molecule has 0 spiro atoms. The third-order valence-electron chi connectivity index (χ3n) is 6.18. The normalized spacial score (nSPS) is 18.3. The number of likely N-dealkylation sites (tertiary alicyclic amines) is 1. The standard InChI is InChI=1S/C27H27ClN2O4/c1-30-25(18-6-12-23(32-2)13-7-18)16-22(17-26(30)19-8-14-24(33-3)15-9-19)29-34-27(31)20-4-10-21(28)11-5-20/h4-15,25-26H,16-17H2,1-3H3. The van der Waals surface area contributed by atoms with E-state index in [1.165, 1.54) is 0 Å². The van der Waals surface area contributed by atoms with Crippen LogP contribution in [0.4, 0.5) is 0 Å². The molecular formula is C27H27ClN2O4. The van der Waals surface area contributed by atoms with Gasteiger partial charge >= 0.3 is 5.97 Å². The minimum absolute atomic E-state index is 0.0553. The van der Waals surface area contributed by atoms with Crippen LogP contribution in [0.3, 0.4) is 0 Å². The van der Waals surface area contributed by atoms with Gasteiger partial charge in [-0.25, -0.2) is 4.79 Å². The first-order valence-electron chi connectivity index (χ1n) is 11.0. The number of ether oxygens (including phenoxy) is 2. The number of carbonyl (C=O) groups is 1. The molecule has 0 aliphatic carbocycles. The molecule has 3 aromatic carbocycles. The van der Waals surface area contributed by atoms with E-state index in [1.807, 2.05) is 24.3 Å². The average molecular weight is 479 g/mol. The molecule has 0 saturated carbocycles. The molecule has 0 amide bonds. The Balaban J connectivity index is 1.61. The van der Waals surface area contributed by atoms with E-state index in [1.54, 1.807) is 38.5 Å². The SMILES string of the molecule is COc1ccc(C2CC(=NOC(=O)c3ccc(Cl)cc3)CC(c3ccc(OC)cc3)N2C)cc1. The summed E-state index contributed by atoms with van der Waals surface area (Å²) in [4.78, 5) is 20.2. The minimum atomic E-state index is -0.509. The third kappa shape index (κ3) is 5.41. The van der Waals surface area contributed by atoms with Crippen LogP contribution >= 0.6 is 11.6 Å². The van der Waals surface area contributed by atoms with Gasteiger partial charge in [-0.3, -0.25) is 4.90 Å². The second kappa shape index (κ2) is 10.7. The highest BCUT2D eigenvalue weighted by atomic mass is 35.5. The first-order chi connectivity index (χ1) is 16.5. The van der Waals surface area contributed by atoms with E-state index in [-0.39, 0.29) is 12.1 Å². The van der Waals surface area contributed by atoms with Crippen molar-refractivity contribution in [2.75, 3.05) is 21.3 Å². The number of rotatable bonds is 6. The summed E-state index contributed by atoms with van der Waals surface area (Å²) in [6.45, 7) is 0. The quantitative estimate of drug-likeness (QED) is 0.317. The number of benzene rings is 3. The molecule has 1 saturated heterocycles. The molecule has 6 nitrogen and oxygen atoms in total. The van der Waals surface area contributed by atoms with Crippen molar-refractivity contribution in [2.24, 2.45) is 5.16 Å². The lowest BCUT2D eigenvalue weighted by molar-refractivity contribution is 0.0507. The fourth-order valence-corrected chi connectivity index (χ4v) is 4.34. The molecule has 3 aromatic rings. The lowest BCUT2D eigenvalue weighted by Crippen LogP contribution is -2.37. The highest BCUT2D eigenvalue weighted by Gasteiger charge is 2.33. The Morgan fingerprint density at radius 1 is 0.824 bits per heavy atom. The van der Waals surface area contributed by atoms with Gasteiger partial charge < -0.3 is 14.3 Å². The smallest absolute Gasteiger partial charge is 0.365 e. The molecule has 1 fully saturated rings. The van der Waals surface area contributed by atoms with Crippen molar-refractivity contribution >= 4 is 23.3 Å². The van der Waals surface area contributed by atoms with Gasteiger partial charge in [0.15, 0.2) is 0 Å². The number of oxime groups is 1. The van der Waals surface area contributed by atoms with Gasteiger partial charge in [0.05, 0.1) is 25.5 Å². The number of nitrogens with zero attached hydrogens (tertiary/aromatic N) is 2. The van der Waals surface area contributed by atoms with Crippen molar-refractivity contribution in [3.63, 3.8) is 0 Å². The molecule has 7 heteroatoms. The van der Waals surface area contributed by atoms with E-state index in [2.05, 4.69) is 41.4 Å². The highest BCUT2D eigenvalue weighted by molar-refractivity contribution is 6.30. The highest BCUT2D eigenvalue weighted by Crippen LogP contribution is 2.40. The summed E-state index contributed by atoms with van der Waals surface area (Å²) >= 11 is 5.92. The maximum atomic E-state index is 12.5. The van der Waals surface area contributed by atoms with E-state index in [9.17, 15) is 4.79 Å². The van der Waals surface area contributed by atoms with Crippen molar-refractivity contribution in [3.8, 4) is 11.5 Å². The van der Waals surface area contributed by atoms with Gasteiger partial charge in [0.1, 0.15) is 11.5 Å². The van der Waals surface area contributed by atoms with Gasteiger partial charge in [-0.15, -0.1) is 0 Å². The van der Waals surface area contributed by atoms with E-state index in [0.717, 1.165) is 28.3 Å². The zero-order chi connectivity index (χ0) is 24.1. The van der Waals surface area contributed by atoms with E-state index in [4.69, 9.17) is 25.9 Å².